The maximum Gasteiger partial charge on any atom is 0.319 e. The molecular formula is C21H23N5O2S. The molecule has 150 valence electrons. The monoisotopic (exact) mass is 409 g/mol. The van der Waals surface area contributed by atoms with Crippen LogP contribution in [0, 0.1) is 0 Å². The second kappa shape index (κ2) is 10.3. The van der Waals surface area contributed by atoms with E-state index < -0.39 is 0 Å². The normalized spacial score (nSPS) is 10.5. The summed E-state index contributed by atoms with van der Waals surface area (Å²) in [6.07, 6.45) is 5.71. The number of para-hydroxylation sites is 1. The summed E-state index contributed by atoms with van der Waals surface area (Å²) in [6, 6.07) is 15.2. The molecule has 0 aliphatic heterocycles. The molecule has 0 bridgehead atoms. The Morgan fingerprint density at radius 1 is 1.07 bits per heavy atom. The molecule has 0 aliphatic rings. The Kier molecular flexibility index (Phi) is 7.29. The Morgan fingerprint density at radius 3 is 2.59 bits per heavy atom. The molecule has 7 nitrogen and oxygen atoms in total. The van der Waals surface area contributed by atoms with E-state index in [4.69, 9.17) is 5.73 Å². The van der Waals surface area contributed by atoms with Crippen LogP contribution in [0.2, 0.25) is 0 Å². The zero-order valence-electron chi connectivity index (χ0n) is 15.9. The standard InChI is InChI=1S/C21H23N5O2S/c22-20(27)9-12-29-19-8-4-3-7-18(19)25-21(28)24-13-16-5-1-2-6-17(16)14-26-11-10-23-15-26/h1-8,10-11,15H,9,12-14H2,(H2,22,27)(H2,24,25,28). The molecule has 0 radical (unpaired) electrons. The lowest BCUT2D eigenvalue weighted by Crippen LogP contribution is -2.28. The van der Waals surface area contributed by atoms with Crippen molar-refractivity contribution in [2.24, 2.45) is 5.73 Å². The summed E-state index contributed by atoms with van der Waals surface area (Å²) >= 11 is 1.48. The molecular weight excluding hydrogens is 386 g/mol. The molecule has 3 aromatic rings. The first-order chi connectivity index (χ1) is 14.1. The summed E-state index contributed by atoms with van der Waals surface area (Å²) in [4.78, 5) is 28.3. The van der Waals surface area contributed by atoms with Gasteiger partial charge < -0.3 is 20.9 Å². The number of hydrogen-bond donors (Lipinski definition) is 3. The van der Waals surface area contributed by atoms with Crippen molar-refractivity contribution >= 4 is 29.4 Å². The average Bonchev–Trinajstić information content (AvgIpc) is 3.21. The summed E-state index contributed by atoms with van der Waals surface area (Å²) in [6.45, 7) is 1.10. The lowest BCUT2D eigenvalue weighted by molar-refractivity contribution is -0.117. The molecule has 0 aliphatic carbocycles. The second-order valence-electron chi connectivity index (χ2n) is 6.37. The molecule has 0 atom stereocenters. The Bertz CT molecular complexity index is 959. The lowest BCUT2D eigenvalue weighted by Gasteiger charge is -2.13. The van der Waals surface area contributed by atoms with Crippen LogP contribution in [0.3, 0.4) is 0 Å². The van der Waals surface area contributed by atoms with Gasteiger partial charge in [-0.2, -0.15) is 0 Å². The molecule has 1 aromatic heterocycles. The zero-order chi connectivity index (χ0) is 20.5. The van der Waals surface area contributed by atoms with Crippen LogP contribution in [0.5, 0.6) is 0 Å². The topological polar surface area (TPSA) is 102 Å². The Labute approximate surface area is 173 Å². The second-order valence-corrected chi connectivity index (χ2v) is 7.51. The third kappa shape index (κ3) is 6.39. The van der Waals surface area contributed by atoms with Crippen molar-refractivity contribution < 1.29 is 9.59 Å². The van der Waals surface area contributed by atoms with Crippen LogP contribution in [0.15, 0.2) is 72.1 Å². The summed E-state index contributed by atoms with van der Waals surface area (Å²) in [5.41, 5.74) is 8.05. The Hall–Kier alpha value is -3.26. The van der Waals surface area contributed by atoms with E-state index in [0.29, 0.717) is 31.0 Å². The van der Waals surface area contributed by atoms with Crippen molar-refractivity contribution in [3.8, 4) is 0 Å². The lowest BCUT2D eigenvalue weighted by atomic mass is 10.1. The number of carbonyl (C=O) groups excluding carboxylic acids is 2. The SMILES string of the molecule is NC(=O)CCSc1ccccc1NC(=O)NCc1ccccc1Cn1ccnc1. The third-order valence-corrected chi connectivity index (χ3v) is 5.29. The number of amides is 3. The number of nitrogens with two attached hydrogens (primary N) is 1. The van der Waals surface area contributed by atoms with Gasteiger partial charge in [0.05, 0.1) is 12.0 Å². The van der Waals surface area contributed by atoms with Crippen LogP contribution in [-0.2, 0) is 17.9 Å². The van der Waals surface area contributed by atoms with Gasteiger partial charge in [0.15, 0.2) is 0 Å². The molecule has 29 heavy (non-hydrogen) atoms. The number of imidazole rings is 1. The highest BCUT2D eigenvalue weighted by molar-refractivity contribution is 7.99. The van der Waals surface area contributed by atoms with Crippen LogP contribution in [0.25, 0.3) is 0 Å². The average molecular weight is 410 g/mol. The van der Waals surface area contributed by atoms with Crippen LogP contribution in [0.1, 0.15) is 17.5 Å². The molecule has 3 amide bonds. The molecule has 0 spiro atoms. The summed E-state index contributed by atoms with van der Waals surface area (Å²) in [5, 5.41) is 5.79. The number of thioether (sulfide) groups is 1. The first kappa shape index (κ1) is 20.5. The molecule has 0 saturated carbocycles. The van der Waals surface area contributed by atoms with Crippen molar-refractivity contribution in [2.75, 3.05) is 11.1 Å². The number of urea groups is 1. The van der Waals surface area contributed by atoms with Crippen molar-refractivity contribution in [2.45, 2.75) is 24.4 Å². The first-order valence-corrected chi connectivity index (χ1v) is 10.2. The van der Waals surface area contributed by atoms with Gasteiger partial charge in [-0.3, -0.25) is 4.79 Å². The van der Waals surface area contributed by atoms with E-state index in [1.54, 1.807) is 12.5 Å². The summed E-state index contributed by atoms with van der Waals surface area (Å²) in [7, 11) is 0. The van der Waals surface area contributed by atoms with Gasteiger partial charge in [-0.1, -0.05) is 36.4 Å². The number of anilines is 1. The van der Waals surface area contributed by atoms with Gasteiger partial charge in [0.2, 0.25) is 5.91 Å². The van der Waals surface area contributed by atoms with E-state index in [1.165, 1.54) is 11.8 Å². The number of nitrogens with zero attached hydrogens (tertiary/aromatic N) is 2. The number of aromatic nitrogens is 2. The number of carbonyl (C=O) groups is 2. The maximum atomic E-state index is 12.4. The molecule has 1 heterocycles. The van der Waals surface area contributed by atoms with E-state index in [1.807, 2.05) is 59.3 Å². The van der Waals surface area contributed by atoms with Gasteiger partial charge in [0.25, 0.3) is 0 Å². The number of hydrogen-bond acceptors (Lipinski definition) is 4. The van der Waals surface area contributed by atoms with E-state index in [0.717, 1.165) is 16.0 Å². The van der Waals surface area contributed by atoms with Crippen molar-refractivity contribution in [3.05, 3.63) is 78.4 Å². The molecule has 0 unspecified atom stereocenters. The minimum Gasteiger partial charge on any atom is -0.370 e. The first-order valence-electron chi connectivity index (χ1n) is 9.19. The molecule has 2 aromatic carbocycles. The van der Waals surface area contributed by atoms with Crippen LogP contribution in [0.4, 0.5) is 10.5 Å². The largest absolute Gasteiger partial charge is 0.370 e. The maximum absolute atomic E-state index is 12.4. The number of nitrogens with one attached hydrogen (secondary N) is 2. The summed E-state index contributed by atoms with van der Waals surface area (Å²) in [5.74, 6) is 0.229. The van der Waals surface area contributed by atoms with Crippen LogP contribution < -0.4 is 16.4 Å². The highest BCUT2D eigenvalue weighted by Crippen LogP contribution is 2.27. The van der Waals surface area contributed by atoms with Gasteiger partial charge in [-0.15, -0.1) is 11.8 Å². The van der Waals surface area contributed by atoms with Gasteiger partial charge in [-0.05, 0) is 23.3 Å². The molecule has 3 rings (SSSR count). The number of rotatable bonds is 9. The smallest absolute Gasteiger partial charge is 0.319 e. The van der Waals surface area contributed by atoms with Gasteiger partial charge in [0.1, 0.15) is 0 Å². The van der Waals surface area contributed by atoms with Crippen molar-refractivity contribution in [1.29, 1.82) is 0 Å². The summed E-state index contributed by atoms with van der Waals surface area (Å²) < 4.78 is 1.98. The van der Waals surface area contributed by atoms with Gasteiger partial charge in [-0.25, -0.2) is 9.78 Å². The highest BCUT2D eigenvalue weighted by atomic mass is 32.2. The minimum absolute atomic E-state index is 0.287. The molecule has 4 N–H and O–H groups in total. The number of benzene rings is 2. The quantitative estimate of drug-likeness (QED) is 0.472. The third-order valence-electron chi connectivity index (χ3n) is 4.21. The fraction of sp³-hybridized carbons (Fsp3) is 0.190. The molecule has 0 saturated heterocycles. The molecule has 0 fully saturated rings. The van der Waals surface area contributed by atoms with E-state index in [-0.39, 0.29) is 11.9 Å². The predicted octanol–water partition coefficient (Wildman–Crippen LogP) is 3.22. The van der Waals surface area contributed by atoms with Gasteiger partial charge in [0, 0.05) is 42.6 Å². The fourth-order valence-corrected chi connectivity index (χ4v) is 3.73. The van der Waals surface area contributed by atoms with Crippen LogP contribution in [-0.4, -0.2) is 27.2 Å². The van der Waals surface area contributed by atoms with Crippen molar-refractivity contribution in [3.63, 3.8) is 0 Å². The minimum atomic E-state index is -0.338. The zero-order valence-corrected chi connectivity index (χ0v) is 16.7. The van der Waals surface area contributed by atoms with Crippen LogP contribution >= 0.6 is 11.8 Å². The van der Waals surface area contributed by atoms with E-state index in [2.05, 4.69) is 15.6 Å². The van der Waals surface area contributed by atoms with Gasteiger partial charge >= 0.3 is 6.03 Å². The molecule has 8 heteroatoms. The highest BCUT2D eigenvalue weighted by Gasteiger charge is 2.09. The van der Waals surface area contributed by atoms with E-state index >= 15 is 0 Å². The Balaban J connectivity index is 1.58. The Morgan fingerprint density at radius 2 is 1.83 bits per heavy atom. The number of primary amides is 1. The fourth-order valence-electron chi connectivity index (χ4n) is 2.76. The predicted molar refractivity (Wildman–Crippen MR) is 115 cm³/mol. The van der Waals surface area contributed by atoms with Crippen molar-refractivity contribution in [1.82, 2.24) is 14.9 Å². The van der Waals surface area contributed by atoms with E-state index in [9.17, 15) is 9.59 Å².